The lowest BCUT2D eigenvalue weighted by Gasteiger charge is -2.09. The molecular formula is C13H14BrNO. The number of aryl methyl sites for hydroxylation is 3. The highest BCUT2D eigenvalue weighted by molar-refractivity contribution is 9.08. The third-order valence-electron chi connectivity index (χ3n) is 2.67. The standard InChI is InChI=1S/C13H14BrNO/c1-8-4-9(2)12(10(3)5-8)13-11(6-14)15-7-16-13/h4-5,7H,6H2,1-3H3. The van der Waals surface area contributed by atoms with Crippen molar-refractivity contribution >= 4 is 15.9 Å². The fraction of sp³-hybridized carbons (Fsp3) is 0.308. The van der Waals surface area contributed by atoms with E-state index in [1.807, 2.05) is 0 Å². The molecule has 0 fully saturated rings. The van der Waals surface area contributed by atoms with Crippen LogP contribution in [0.1, 0.15) is 22.4 Å². The van der Waals surface area contributed by atoms with E-state index < -0.39 is 0 Å². The maximum atomic E-state index is 5.50. The molecule has 0 amide bonds. The summed E-state index contributed by atoms with van der Waals surface area (Å²) in [5.74, 6) is 0.881. The molecule has 3 heteroatoms. The molecule has 2 rings (SSSR count). The van der Waals surface area contributed by atoms with Crippen LogP contribution in [-0.2, 0) is 5.33 Å². The average molecular weight is 280 g/mol. The smallest absolute Gasteiger partial charge is 0.181 e. The molecule has 1 aromatic heterocycles. The molecule has 1 heterocycles. The molecule has 0 bridgehead atoms. The first kappa shape index (κ1) is 11.4. The minimum Gasteiger partial charge on any atom is -0.443 e. The van der Waals surface area contributed by atoms with Gasteiger partial charge < -0.3 is 4.42 Å². The van der Waals surface area contributed by atoms with Crippen LogP contribution in [0.15, 0.2) is 22.9 Å². The van der Waals surface area contributed by atoms with E-state index in [1.54, 1.807) is 0 Å². The highest BCUT2D eigenvalue weighted by Gasteiger charge is 2.14. The van der Waals surface area contributed by atoms with E-state index in [4.69, 9.17) is 4.42 Å². The Morgan fingerprint density at radius 1 is 1.19 bits per heavy atom. The number of hydrogen-bond acceptors (Lipinski definition) is 2. The van der Waals surface area contributed by atoms with Gasteiger partial charge in [-0.1, -0.05) is 33.6 Å². The van der Waals surface area contributed by atoms with Gasteiger partial charge in [0.15, 0.2) is 12.2 Å². The zero-order valence-corrected chi connectivity index (χ0v) is 11.3. The third-order valence-corrected chi connectivity index (χ3v) is 3.20. The monoisotopic (exact) mass is 279 g/mol. The lowest BCUT2D eigenvalue weighted by atomic mass is 9.97. The molecule has 0 aliphatic heterocycles. The van der Waals surface area contributed by atoms with Gasteiger partial charge in [0.25, 0.3) is 0 Å². The number of benzene rings is 1. The Morgan fingerprint density at radius 3 is 2.38 bits per heavy atom. The van der Waals surface area contributed by atoms with Gasteiger partial charge in [0.2, 0.25) is 0 Å². The van der Waals surface area contributed by atoms with E-state index in [0.717, 1.165) is 17.0 Å². The van der Waals surface area contributed by atoms with E-state index in [2.05, 4.69) is 53.8 Å². The van der Waals surface area contributed by atoms with Crippen molar-refractivity contribution in [3.63, 3.8) is 0 Å². The van der Waals surface area contributed by atoms with E-state index in [-0.39, 0.29) is 0 Å². The van der Waals surface area contributed by atoms with Gasteiger partial charge in [0, 0.05) is 10.9 Å². The van der Waals surface area contributed by atoms with Crippen molar-refractivity contribution < 1.29 is 4.42 Å². The molecule has 0 atom stereocenters. The molecule has 2 nitrogen and oxygen atoms in total. The Balaban J connectivity index is 2.64. The number of hydrogen-bond donors (Lipinski definition) is 0. The SMILES string of the molecule is Cc1cc(C)c(-c2ocnc2CBr)c(C)c1. The van der Waals surface area contributed by atoms with Crippen molar-refractivity contribution in [2.24, 2.45) is 0 Å². The number of aromatic nitrogens is 1. The Labute approximate surface area is 104 Å². The molecule has 0 radical (unpaired) electrons. The first-order valence-corrected chi connectivity index (χ1v) is 6.32. The summed E-state index contributed by atoms with van der Waals surface area (Å²) in [6, 6.07) is 4.34. The molecule has 16 heavy (non-hydrogen) atoms. The molecule has 0 saturated heterocycles. The Hall–Kier alpha value is -1.09. The molecule has 84 valence electrons. The van der Waals surface area contributed by atoms with Crippen molar-refractivity contribution in [2.45, 2.75) is 26.1 Å². The van der Waals surface area contributed by atoms with Gasteiger partial charge >= 0.3 is 0 Å². The van der Waals surface area contributed by atoms with Crippen LogP contribution < -0.4 is 0 Å². The van der Waals surface area contributed by atoms with Gasteiger partial charge in [-0.15, -0.1) is 0 Å². The predicted molar refractivity (Wildman–Crippen MR) is 68.8 cm³/mol. The minimum atomic E-state index is 0.714. The summed E-state index contributed by atoms with van der Waals surface area (Å²) in [6.45, 7) is 6.32. The highest BCUT2D eigenvalue weighted by Crippen LogP contribution is 2.31. The molecule has 0 unspecified atom stereocenters. The molecule has 0 N–H and O–H groups in total. The summed E-state index contributed by atoms with van der Waals surface area (Å²) in [6.07, 6.45) is 1.50. The molecule has 2 aromatic rings. The van der Waals surface area contributed by atoms with Crippen LogP contribution in [0.25, 0.3) is 11.3 Å². The van der Waals surface area contributed by atoms with Gasteiger partial charge in [0.1, 0.15) is 0 Å². The van der Waals surface area contributed by atoms with Crippen LogP contribution in [0.4, 0.5) is 0 Å². The number of oxazole rings is 1. The van der Waals surface area contributed by atoms with E-state index in [1.165, 1.54) is 23.1 Å². The second kappa shape index (κ2) is 4.42. The maximum absolute atomic E-state index is 5.50. The predicted octanol–water partition coefficient (Wildman–Crippen LogP) is 4.16. The number of nitrogens with zero attached hydrogens (tertiary/aromatic N) is 1. The molecule has 0 aliphatic carbocycles. The van der Waals surface area contributed by atoms with Gasteiger partial charge in [-0.05, 0) is 31.9 Å². The molecule has 0 spiro atoms. The van der Waals surface area contributed by atoms with Gasteiger partial charge in [-0.25, -0.2) is 4.98 Å². The van der Waals surface area contributed by atoms with Gasteiger partial charge in [-0.2, -0.15) is 0 Å². The fourth-order valence-corrected chi connectivity index (χ4v) is 2.51. The summed E-state index contributed by atoms with van der Waals surface area (Å²) in [5.41, 5.74) is 5.86. The van der Waals surface area contributed by atoms with Crippen LogP contribution in [0, 0.1) is 20.8 Å². The Kier molecular flexibility index (Phi) is 3.15. The first-order valence-electron chi connectivity index (χ1n) is 5.20. The van der Waals surface area contributed by atoms with Gasteiger partial charge in [-0.3, -0.25) is 0 Å². The molecule has 0 saturated carbocycles. The topological polar surface area (TPSA) is 26.0 Å². The zero-order chi connectivity index (χ0) is 11.7. The van der Waals surface area contributed by atoms with Crippen molar-refractivity contribution in [2.75, 3.05) is 0 Å². The van der Waals surface area contributed by atoms with Crippen LogP contribution in [0.3, 0.4) is 0 Å². The Bertz CT molecular complexity index is 493. The lowest BCUT2D eigenvalue weighted by Crippen LogP contribution is -1.91. The number of halogens is 1. The summed E-state index contributed by atoms with van der Waals surface area (Å²) < 4.78 is 5.50. The summed E-state index contributed by atoms with van der Waals surface area (Å²) in [7, 11) is 0. The van der Waals surface area contributed by atoms with Crippen LogP contribution in [0.2, 0.25) is 0 Å². The van der Waals surface area contributed by atoms with Crippen molar-refractivity contribution in [1.82, 2.24) is 4.98 Å². The quantitative estimate of drug-likeness (QED) is 0.772. The van der Waals surface area contributed by atoms with Gasteiger partial charge in [0.05, 0.1) is 5.69 Å². The summed E-state index contributed by atoms with van der Waals surface area (Å²) >= 11 is 3.43. The van der Waals surface area contributed by atoms with Crippen LogP contribution in [-0.4, -0.2) is 4.98 Å². The van der Waals surface area contributed by atoms with Crippen LogP contribution in [0.5, 0.6) is 0 Å². The summed E-state index contributed by atoms with van der Waals surface area (Å²) in [4.78, 5) is 4.20. The van der Waals surface area contributed by atoms with E-state index in [0.29, 0.717) is 5.33 Å². The second-order valence-electron chi connectivity index (χ2n) is 4.04. The fourth-order valence-electron chi connectivity index (χ4n) is 2.11. The number of alkyl halides is 1. The Morgan fingerprint density at radius 2 is 1.81 bits per heavy atom. The molecular weight excluding hydrogens is 266 g/mol. The largest absolute Gasteiger partial charge is 0.443 e. The lowest BCUT2D eigenvalue weighted by molar-refractivity contribution is 0.570. The van der Waals surface area contributed by atoms with E-state index in [9.17, 15) is 0 Å². The van der Waals surface area contributed by atoms with Crippen LogP contribution >= 0.6 is 15.9 Å². The first-order chi connectivity index (χ1) is 7.63. The third kappa shape index (κ3) is 1.92. The van der Waals surface area contributed by atoms with E-state index >= 15 is 0 Å². The minimum absolute atomic E-state index is 0.714. The van der Waals surface area contributed by atoms with Crippen molar-refractivity contribution in [3.8, 4) is 11.3 Å². The maximum Gasteiger partial charge on any atom is 0.181 e. The average Bonchev–Trinajstić information content (AvgIpc) is 2.64. The number of rotatable bonds is 2. The normalized spacial score (nSPS) is 10.8. The highest BCUT2D eigenvalue weighted by atomic mass is 79.9. The molecule has 1 aromatic carbocycles. The molecule has 0 aliphatic rings. The van der Waals surface area contributed by atoms with Crippen molar-refractivity contribution in [3.05, 3.63) is 40.9 Å². The second-order valence-corrected chi connectivity index (χ2v) is 4.60. The van der Waals surface area contributed by atoms with Crippen molar-refractivity contribution in [1.29, 1.82) is 0 Å². The summed E-state index contributed by atoms with van der Waals surface area (Å²) in [5, 5.41) is 0.714. The zero-order valence-electron chi connectivity index (χ0n) is 9.67.